The van der Waals surface area contributed by atoms with Crippen molar-refractivity contribution >= 4 is 17.5 Å². The van der Waals surface area contributed by atoms with E-state index < -0.39 is 0 Å². The third-order valence-corrected chi connectivity index (χ3v) is 4.72. The predicted molar refractivity (Wildman–Crippen MR) is 88.8 cm³/mol. The Kier molecular flexibility index (Phi) is 5.13. The summed E-state index contributed by atoms with van der Waals surface area (Å²) in [5.74, 6) is 0.0957. The number of carbonyl (C=O) groups excluding carboxylic acids is 1. The van der Waals surface area contributed by atoms with Crippen LogP contribution in [-0.2, 0) is 11.3 Å². The van der Waals surface area contributed by atoms with Crippen LogP contribution in [0.25, 0.3) is 0 Å². The van der Waals surface area contributed by atoms with Gasteiger partial charge < -0.3 is 5.32 Å². The van der Waals surface area contributed by atoms with E-state index in [9.17, 15) is 4.79 Å². The van der Waals surface area contributed by atoms with Crippen molar-refractivity contribution in [3.63, 3.8) is 0 Å². The molecule has 0 unspecified atom stereocenters. The highest BCUT2D eigenvalue weighted by Gasteiger charge is 2.24. The fourth-order valence-electron chi connectivity index (χ4n) is 3.04. The van der Waals surface area contributed by atoms with Crippen molar-refractivity contribution in [2.45, 2.75) is 31.5 Å². The highest BCUT2D eigenvalue weighted by atomic mass is 35.5. The van der Waals surface area contributed by atoms with E-state index in [-0.39, 0.29) is 18.0 Å². The summed E-state index contributed by atoms with van der Waals surface area (Å²) in [5.41, 5.74) is 1.17. The fraction of sp³-hybridized carbons (Fsp3) is 0.471. The number of rotatable bonds is 4. The van der Waals surface area contributed by atoms with Crippen LogP contribution in [0.5, 0.6) is 0 Å². The first-order chi connectivity index (χ1) is 10.7. The van der Waals surface area contributed by atoms with Gasteiger partial charge in [0.2, 0.25) is 5.91 Å². The van der Waals surface area contributed by atoms with Crippen LogP contribution in [0.2, 0.25) is 5.02 Å². The number of amides is 1. The van der Waals surface area contributed by atoms with E-state index in [2.05, 4.69) is 21.6 Å². The maximum atomic E-state index is 12.1. The predicted octanol–water partition coefficient (Wildman–Crippen LogP) is 1.95. The van der Waals surface area contributed by atoms with Crippen molar-refractivity contribution in [1.29, 1.82) is 0 Å². The number of hydrogen-bond acceptors (Lipinski definition) is 3. The van der Waals surface area contributed by atoms with E-state index in [1.165, 1.54) is 5.56 Å². The molecule has 3 rings (SSSR count). The summed E-state index contributed by atoms with van der Waals surface area (Å²) in [6, 6.07) is 8.13. The number of halogens is 1. The molecule has 0 bridgehead atoms. The van der Waals surface area contributed by atoms with Crippen molar-refractivity contribution in [3.05, 3.63) is 47.0 Å². The number of likely N-dealkylation sites (tertiary alicyclic amines) is 1. The molecule has 1 aromatic rings. The van der Waals surface area contributed by atoms with E-state index in [1.807, 2.05) is 30.4 Å². The molecular weight excluding hydrogens is 298 g/mol. The first kappa shape index (κ1) is 15.5. The average molecular weight is 320 g/mol. The normalized spacial score (nSPS) is 22.9. The van der Waals surface area contributed by atoms with Gasteiger partial charge in [-0.25, -0.2) is 0 Å². The molecule has 0 aromatic heterocycles. The van der Waals surface area contributed by atoms with Gasteiger partial charge in [-0.05, 0) is 24.5 Å². The van der Waals surface area contributed by atoms with Gasteiger partial charge in [-0.1, -0.05) is 42.0 Å². The number of nitrogens with one attached hydrogen (secondary N) is 2. The largest absolute Gasteiger partial charge is 0.352 e. The zero-order valence-electron chi connectivity index (χ0n) is 12.6. The van der Waals surface area contributed by atoms with Gasteiger partial charge in [0.05, 0.1) is 0 Å². The molecule has 4 nitrogen and oxygen atoms in total. The molecule has 1 aromatic carbocycles. The first-order valence-corrected chi connectivity index (χ1v) is 8.26. The highest BCUT2D eigenvalue weighted by molar-refractivity contribution is 6.31. The average Bonchev–Trinajstić information content (AvgIpc) is 3.06. The van der Waals surface area contributed by atoms with Gasteiger partial charge in [0, 0.05) is 37.2 Å². The molecule has 22 heavy (non-hydrogen) atoms. The second kappa shape index (κ2) is 7.27. The molecule has 118 valence electrons. The lowest BCUT2D eigenvalue weighted by molar-refractivity contribution is -0.122. The minimum atomic E-state index is -0.152. The molecule has 1 amide bonds. The Balaban J connectivity index is 1.45. The molecular formula is C17H22ClN3O. The van der Waals surface area contributed by atoms with Crippen LogP contribution in [0.4, 0.5) is 0 Å². The molecule has 2 N–H and O–H groups in total. The lowest BCUT2D eigenvalue weighted by Crippen LogP contribution is -2.49. The van der Waals surface area contributed by atoms with Gasteiger partial charge in [-0.3, -0.25) is 15.0 Å². The van der Waals surface area contributed by atoms with Crippen molar-refractivity contribution in [3.8, 4) is 0 Å². The lowest BCUT2D eigenvalue weighted by Gasteiger charge is -2.33. The van der Waals surface area contributed by atoms with Crippen molar-refractivity contribution in [2.75, 3.05) is 19.6 Å². The van der Waals surface area contributed by atoms with Crippen molar-refractivity contribution in [2.24, 2.45) is 0 Å². The van der Waals surface area contributed by atoms with E-state index in [4.69, 9.17) is 11.6 Å². The second-order valence-corrected chi connectivity index (χ2v) is 6.37. The van der Waals surface area contributed by atoms with E-state index >= 15 is 0 Å². The summed E-state index contributed by atoms with van der Waals surface area (Å²) in [6.45, 7) is 3.65. The Morgan fingerprint density at radius 3 is 2.77 bits per heavy atom. The topological polar surface area (TPSA) is 44.4 Å². The minimum Gasteiger partial charge on any atom is -0.352 e. The summed E-state index contributed by atoms with van der Waals surface area (Å²) >= 11 is 6.22. The van der Waals surface area contributed by atoms with E-state index in [0.29, 0.717) is 0 Å². The van der Waals surface area contributed by atoms with Gasteiger partial charge in [-0.15, -0.1) is 0 Å². The van der Waals surface area contributed by atoms with Gasteiger partial charge in [0.15, 0.2) is 0 Å². The molecule has 1 saturated heterocycles. The number of nitrogens with zero attached hydrogens (tertiary/aromatic N) is 1. The number of hydrogen-bond donors (Lipinski definition) is 2. The van der Waals surface area contributed by atoms with Crippen molar-refractivity contribution < 1.29 is 4.79 Å². The maximum absolute atomic E-state index is 12.1. The van der Waals surface area contributed by atoms with Crippen LogP contribution in [0.3, 0.4) is 0 Å². The monoisotopic (exact) mass is 319 g/mol. The maximum Gasteiger partial charge on any atom is 0.241 e. The van der Waals surface area contributed by atoms with Crippen LogP contribution in [-0.4, -0.2) is 42.5 Å². The quantitative estimate of drug-likeness (QED) is 0.834. The Morgan fingerprint density at radius 1 is 1.32 bits per heavy atom. The molecule has 2 heterocycles. The smallest absolute Gasteiger partial charge is 0.241 e. The van der Waals surface area contributed by atoms with Gasteiger partial charge in [-0.2, -0.15) is 0 Å². The van der Waals surface area contributed by atoms with Gasteiger partial charge in [0.25, 0.3) is 0 Å². The third-order valence-electron chi connectivity index (χ3n) is 4.35. The van der Waals surface area contributed by atoms with Crippen molar-refractivity contribution in [1.82, 2.24) is 15.5 Å². The first-order valence-electron chi connectivity index (χ1n) is 7.88. The molecule has 5 heteroatoms. The molecule has 1 fully saturated rings. The summed E-state index contributed by atoms with van der Waals surface area (Å²) in [4.78, 5) is 14.5. The molecule has 0 saturated carbocycles. The SMILES string of the molecule is O=C(NC1CCN(Cc2ccccc2Cl)CC1)[C@H]1C=CCN1. The van der Waals surface area contributed by atoms with E-state index in [1.54, 1.807) is 0 Å². The zero-order valence-corrected chi connectivity index (χ0v) is 13.4. The van der Waals surface area contributed by atoms with Crippen LogP contribution in [0, 0.1) is 0 Å². The summed E-state index contributed by atoms with van der Waals surface area (Å²) in [5, 5.41) is 7.13. The lowest BCUT2D eigenvalue weighted by atomic mass is 10.0. The Morgan fingerprint density at radius 2 is 2.09 bits per heavy atom. The molecule has 1 atom stereocenters. The second-order valence-electron chi connectivity index (χ2n) is 5.96. The minimum absolute atomic E-state index is 0.0957. The summed E-state index contributed by atoms with van der Waals surface area (Å²) in [7, 11) is 0. The van der Waals surface area contributed by atoms with Gasteiger partial charge >= 0.3 is 0 Å². The van der Waals surface area contributed by atoms with E-state index in [0.717, 1.165) is 44.0 Å². The highest BCUT2D eigenvalue weighted by Crippen LogP contribution is 2.19. The third kappa shape index (κ3) is 3.88. The molecule has 2 aliphatic heterocycles. The fourth-order valence-corrected chi connectivity index (χ4v) is 3.24. The number of piperidine rings is 1. The molecule has 0 aliphatic carbocycles. The molecule has 2 aliphatic rings. The van der Waals surface area contributed by atoms with Crippen LogP contribution < -0.4 is 10.6 Å². The van der Waals surface area contributed by atoms with Crippen LogP contribution in [0.15, 0.2) is 36.4 Å². The summed E-state index contributed by atoms with van der Waals surface area (Å²) in [6.07, 6.45) is 5.91. The number of benzene rings is 1. The van der Waals surface area contributed by atoms with Gasteiger partial charge in [0.1, 0.15) is 6.04 Å². The summed E-state index contributed by atoms with van der Waals surface area (Å²) < 4.78 is 0. The standard InChI is InChI=1S/C17H22ClN3O/c18-15-5-2-1-4-13(15)12-21-10-7-14(8-11-21)20-17(22)16-6-3-9-19-16/h1-6,14,16,19H,7-12H2,(H,20,22)/t16-/m1/s1. The van der Waals surface area contributed by atoms with Crippen LogP contribution in [0.1, 0.15) is 18.4 Å². The Hall–Kier alpha value is -1.36. The number of carbonyl (C=O) groups is 1. The van der Waals surface area contributed by atoms with Crippen LogP contribution >= 0.6 is 11.6 Å². The zero-order chi connectivity index (χ0) is 15.4. The molecule has 0 spiro atoms. The Bertz CT molecular complexity index is 553. The Labute approximate surface area is 136 Å². The molecule has 0 radical (unpaired) electrons.